The average Bonchev–Trinajstić information content (AvgIpc) is 2.38. The summed E-state index contributed by atoms with van der Waals surface area (Å²) in [6.45, 7) is 3.28. The molecule has 0 radical (unpaired) electrons. The lowest BCUT2D eigenvalue weighted by atomic mass is 9.96. The predicted octanol–water partition coefficient (Wildman–Crippen LogP) is 1.93. The van der Waals surface area contributed by atoms with Crippen molar-refractivity contribution >= 4 is 16.9 Å². The van der Waals surface area contributed by atoms with Crippen molar-refractivity contribution in [2.75, 3.05) is 5.75 Å². The zero-order valence-corrected chi connectivity index (χ0v) is 11.8. The highest BCUT2D eigenvalue weighted by Gasteiger charge is 2.20. The van der Waals surface area contributed by atoms with E-state index in [4.69, 9.17) is 5.26 Å². The van der Waals surface area contributed by atoms with E-state index in [-0.39, 0.29) is 5.12 Å². The number of carbonyl (C=O) groups is 1. The molecule has 4 nitrogen and oxygen atoms in total. The molecule has 1 aromatic rings. The number of aryl methyl sites for hydroxylation is 1. The van der Waals surface area contributed by atoms with Crippen LogP contribution in [0, 0.1) is 18.3 Å². The lowest BCUT2D eigenvalue weighted by Gasteiger charge is -2.19. The number of hydrogen-bond acceptors (Lipinski definition) is 5. The second kappa shape index (κ2) is 7.29. The van der Waals surface area contributed by atoms with E-state index in [2.05, 4.69) is 0 Å². The van der Waals surface area contributed by atoms with Crippen molar-refractivity contribution in [1.29, 1.82) is 5.26 Å². The van der Waals surface area contributed by atoms with Crippen molar-refractivity contribution in [3.05, 3.63) is 34.9 Å². The summed E-state index contributed by atoms with van der Waals surface area (Å²) in [6.07, 6.45) is -1.66. The van der Waals surface area contributed by atoms with E-state index in [0.717, 1.165) is 17.3 Å². The minimum absolute atomic E-state index is 0.00986. The maximum Gasteiger partial charge on any atom is 0.185 e. The summed E-state index contributed by atoms with van der Waals surface area (Å²) in [4.78, 5) is 10.8. The first-order valence-corrected chi connectivity index (χ1v) is 6.94. The van der Waals surface area contributed by atoms with Crippen LogP contribution in [0.25, 0.3) is 0 Å². The van der Waals surface area contributed by atoms with E-state index in [1.807, 2.05) is 13.0 Å². The Balaban J connectivity index is 2.73. The molecule has 1 aromatic carbocycles. The van der Waals surface area contributed by atoms with Crippen LogP contribution in [0.2, 0.25) is 0 Å². The normalized spacial score (nSPS) is 13.6. The molecule has 2 atom stereocenters. The highest BCUT2D eigenvalue weighted by molar-refractivity contribution is 8.13. The van der Waals surface area contributed by atoms with Gasteiger partial charge in [-0.3, -0.25) is 4.79 Å². The SMILES string of the molecule is CC(=O)SCCC(O)C(O)c1cc(C#N)ccc1C. The zero-order valence-electron chi connectivity index (χ0n) is 11.0. The van der Waals surface area contributed by atoms with E-state index in [1.165, 1.54) is 6.92 Å². The molecule has 2 N–H and O–H groups in total. The highest BCUT2D eigenvalue weighted by Crippen LogP contribution is 2.24. The van der Waals surface area contributed by atoms with Gasteiger partial charge in [-0.15, -0.1) is 0 Å². The standard InChI is InChI=1S/C14H17NO3S/c1-9-3-4-11(8-15)7-12(9)14(18)13(17)5-6-19-10(2)16/h3-4,7,13-14,17-18H,5-6H2,1-2H3. The number of benzene rings is 1. The zero-order chi connectivity index (χ0) is 14.4. The van der Waals surface area contributed by atoms with Gasteiger partial charge in [0.15, 0.2) is 5.12 Å². The van der Waals surface area contributed by atoms with Gasteiger partial charge in [0.05, 0.1) is 17.7 Å². The lowest BCUT2D eigenvalue weighted by Crippen LogP contribution is -2.20. The van der Waals surface area contributed by atoms with Gasteiger partial charge in [0, 0.05) is 12.7 Å². The molecular formula is C14H17NO3S. The molecule has 0 fully saturated rings. The van der Waals surface area contributed by atoms with Gasteiger partial charge in [0.25, 0.3) is 0 Å². The van der Waals surface area contributed by atoms with Crippen LogP contribution in [0.15, 0.2) is 18.2 Å². The maximum absolute atomic E-state index is 10.8. The molecule has 0 bridgehead atoms. The predicted molar refractivity (Wildman–Crippen MR) is 74.6 cm³/mol. The van der Waals surface area contributed by atoms with Crippen LogP contribution in [-0.4, -0.2) is 27.2 Å². The number of aliphatic hydroxyl groups excluding tert-OH is 2. The molecule has 0 saturated carbocycles. The summed E-state index contributed by atoms with van der Waals surface area (Å²) < 4.78 is 0. The van der Waals surface area contributed by atoms with Crippen LogP contribution in [-0.2, 0) is 4.79 Å². The van der Waals surface area contributed by atoms with Crippen molar-refractivity contribution in [3.8, 4) is 6.07 Å². The topological polar surface area (TPSA) is 81.3 Å². The second-order valence-corrected chi connectivity index (χ2v) is 5.60. The van der Waals surface area contributed by atoms with Crippen LogP contribution >= 0.6 is 11.8 Å². The summed E-state index contributed by atoms with van der Waals surface area (Å²) in [5.74, 6) is 0.463. The van der Waals surface area contributed by atoms with E-state index in [1.54, 1.807) is 18.2 Å². The Bertz CT molecular complexity index is 496. The Labute approximate surface area is 117 Å². The van der Waals surface area contributed by atoms with Crippen LogP contribution in [0.4, 0.5) is 0 Å². The van der Waals surface area contributed by atoms with Crippen molar-refractivity contribution in [3.63, 3.8) is 0 Å². The number of nitrogens with zero attached hydrogens (tertiary/aromatic N) is 1. The van der Waals surface area contributed by atoms with E-state index < -0.39 is 12.2 Å². The van der Waals surface area contributed by atoms with E-state index >= 15 is 0 Å². The molecule has 2 unspecified atom stereocenters. The van der Waals surface area contributed by atoms with Gasteiger partial charge in [-0.2, -0.15) is 5.26 Å². The molecule has 0 amide bonds. The fourth-order valence-electron chi connectivity index (χ4n) is 1.72. The van der Waals surface area contributed by atoms with Gasteiger partial charge in [-0.05, 0) is 36.6 Å². The molecule has 0 heterocycles. The van der Waals surface area contributed by atoms with Gasteiger partial charge < -0.3 is 10.2 Å². The first-order chi connectivity index (χ1) is 8.95. The van der Waals surface area contributed by atoms with E-state index in [9.17, 15) is 15.0 Å². The van der Waals surface area contributed by atoms with Gasteiger partial charge in [0.2, 0.25) is 0 Å². The molecule has 0 aromatic heterocycles. The largest absolute Gasteiger partial charge is 0.390 e. The Kier molecular flexibility index (Phi) is 6.03. The molecule has 0 spiro atoms. The lowest BCUT2D eigenvalue weighted by molar-refractivity contribution is -0.109. The van der Waals surface area contributed by atoms with Crippen LogP contribution in [0.1, 0.15) is 36.1 Å². The number of aliphatic hydroxyl groups is 2. The third-order valence-corrected chi connectivity index (χ3v) is 3.66. The monoisotopic (exact) mass is 279 g/mol. The smallest absolute Gasteiger partial charge is 0.185 e. The number of thioether (sulfide) groups is 1. The minimum Gasteiger partial charge on any atom is -0.390 e. The highest BCUT2D eigenvalue weighted by atomic mass is 32.2. The van der Waals surface area contributed by atoms with Gasteiger partial charge >= 0.3 is 0 Å². The third kappa shape index (κ3) is 4.67. The summed E-state index contributed by atoms with van der Waals surface area (Å²) >= 11 is 1.12. The van der Waals surface area contributed by atoms with Gasteiger partial charge in [-0.25, -0.2) is 0 Å². The van der Waals surface area contributed by atoms with Crippen LogP contribution in [0.3, 0.4) is 0 Å². The Morgan fingerprint density at radius 2 is 2.16 bits per heavy atom. The van der Waals surface area contributed by atoms with Gasteiger partial charge in [-0.1, -0.05) is 17.8 Å². The van der Waals surface area contributed by atoms with Crippen LogP contribution in [0.5, 0.6) is 0 Å². The van der Waals surface area contributed by atoms with E-state index in [0.29, 0.717) is 23.3 Å². The fraction of sp³-hybridized carbons (Fsp3) is 0.429. The maximum atomic E-state index is 10.8. The van der Waals surface area contributed by atoms with Crippen molar-refractivity contribution in [2.24, 2.45) is 0 Å². The molecule has 0 aliphatic heterocycles. The summed E-state index contributed by atoms with van der Waals surface area (Å²) in [6, 6.07) is 7.00. The molecule has 0 aliphatic carbocycles. The molecule has 19 heavy (non-hydrogen) atoms. The Morgan fingerprint density at radius 3 is 2.74 bits per heavy atom. The molecule has 0 aliphatic rings. The van der Waals surface area contributed by atoms with Crippen molar-refractivity contribution < 1.29 is 15.0 Å². The van der Waals surface area contributed by atoms with Crippen molar-refractivity contribution in [1.82, 2.24) is 0 Å². The van der Waals surface area contributed by atoms with Crippen LogP contribution < -0.4 is 0 Å². The second-order valence-electron chi connectivity index (χ2n) is 4.32. The third-order valence-electron chi connectivity index (χ3n) is 2.81. The number of rotatable bonds is 5. The quantitative estimate of drug-likeness (QED) is 0.860. The summed E-state index contributed by atoms with van der Waals surface area (Å²) in [5, 5.41) is 28.8. The Morgan fingerprint density at radius 1 is 1.47 bits per heavy atom. The average molecular weight is 279 g/mol. The minimum atomic E-state index is -1.04. The fourth-order valence-corrected chi connectivity index (χ4v) is 2.36. The summed E-state index contributed by atoms with van der Waals surface area (Å²) in [5.41, 5.74) is 1.83. The molecular weight excluding hydrogens is 262 g/mol. The Hall–Kier alpha value is -1.35. The number of carbonyl (C=O) groups excluding carboxylic acids is 1. The first kappa shape index (κ1) is 15.7. The molecule has 1 rings (SSSR count). The number of nitriles is 1. The van der Waals surface area contributed by atoms with Gasteiger partial charge in [0.1, 0.15) is 6.10 Å². The first-order valence-electron chi connectivity index (χ1n) is 5.96. The molecule has 5 heteroatoms. The molecule has 0 saturated heterocycles. The molecule has 102 valence electrons. The summed E-state index contributed by atoms with van der Waals surface area (Å²) in [7, 11) is 0. The number of hydrogen-bond donors (Lipinski definition) is 2. The van der Waals surface area contributed by atoms with Crippen molar-refractivity contribution in [2.45, 2.75) is 32.5 Å².